The number of nitrogens with one attached hydrogen (secondary N) is 1. The van der Waals surface area contributed by atoms with Gasteiger partial charge in [0.2, 0.25) is 0 Å². The van der Waals surface area contributed by atoms with Crippen molar-refractivity contribution in [2.24, 2.45) is 5.92 Å². The van der Waals surface area contributed by atoms with E-state index in [9.17, 15) is 4.39 Å². The third-order valence-corrected chi connectivity index (χ3v) is 5.26. The Morgan fingerprint density at radius 3 is 2.41 bits per heavy atom. The van der Waals surface area contributed by atoms with Crippen molar-refractivity contribution in [3.63, 3.8) is 0 Å². The number of benzene rings is 1. The Labute approximate surface area is 149 Å². The Hall–Kier alpha value is -0.0600. The molecule has 1 aromatic rings. The van der Waals surface area contributed by atoms with Crippen molar-refractivity contribution in [1.29, 1.82) is 0 Å². The van der Waals surface area contributed by atoms with Gasteiger partial charge in [-0.3, -0.25) is 4.90 Å². The van der Waals surface area contributed by atoms with Gasteiger partial charge in [-0.2, -0.15) is 0 Å². The zero-order chi connectivity index (χ0) is 14.1. The molecule has 1 heterocycles. The van der Waals surface area contributed by atoms with Gasteiger partial charge in [-0.05, 0) is 37.3 Å². The summed E-state index contributed by atoms with van der Waals surface area (Å²) in [5.41, 5.74) is 1.71. The van der Waals surface area contributed by atoms with Gasteiger partial charge in [0, 0.05) is 37.8 Å². The van der Waals surface area contributed by atoms with Crippen molar-refractivity contribution < 1.29 is 4.39 Å². The number of hydrogen-bond donors (Lipinski definition) is 1. The van der Waals surface area contributed by atoms with E-state index in [-0.39, 0.29) is 36.7 Å². The summed E-state index contributed by atoms with van der Waals surface area (Å²) in [4.78, 5) is 2.42. The minimum Gasteiger partial charge on any atom is -0.314 e. The van der Waals surface area contributed by atoms with Crippen LogP contribution < -0.4 is 5.32 Å². The molecule has 0 spiro atoms. The highest BCUT2D eigenvalue weighted by Gasteiger charge is 2.36. The van der Waals surface area contributed by atoms with Crippen molar-refractivity contribution in [2.45, 2.75) is 32.2 Å². The quantitative estimate of drug-likeness (QED) is 0.850. The maximum Gasteiger partial charge on any atom is 0.129 e. The number of aryl methyl sites for hydroxylation is 1. The molecule has 126 valence electrons. The minimum absolute atomic E-state index is 0. The number of piperazine rings is 1. The highest BCUT2D eigenvalue weighted by atomic mass is 35.5. The molecular weight excluding hydrogens is 346 g/mol. The molecule has 1 aliphatic heterocycles. The molecule has 1 saturated carbocycles. The lowest BCUT2D eigenvalue weighted by atomic mass is 9.76. The van der Waals surface area contributed by atoms with Gasteiger partial charge >= 0.3 is 0 Å². The van der Waals surface area contributed by atoms with Crippen molar-refractivity contribution in [1.82, 2.24) is 10.2 Å². The third kappa shape index (κ3) is 3.88. The molecule has 1 aromatic carbocycles. The van der Waals surface area contributed by atoms with E-state index in [1.54, 1.807) is 12.1 Å². The van der Waals surface area contributed by atoms with Gasteiger partial charge in [0.05, 0.1) is 5.02 Å². The maximum absolute atomic E-state index is 14.4. The first-order valence-corrected chi connectivity index (χ1v) is 7.95. The van der Waals surface area contributed by atoms with E-state index >= 15 is 0 Å². The van der Waals surface area contributed by atoms with Crippen LogP contribution in [0.25, 0.3) is 0 Å². The molecule has 0 bridgehead atoms. The fourth-order valence-electron chi connectivity index (χ4n) is 3.38. The second-order valence-electron chi connectivity index (χ2n) is 6.01. The van der Waals surface area contributed by atoms with E-state index < -0.39 is 0 Å². The van der Waals surface area contributed by atoms with Gasteiger partial charge in [0.1, 0.15) is 5.82 Å². The lowest BCUT2D eigenvalue weighted by molar-refractivity contribution is 0.0812. The highest BCUT2D eigenvalue weighted by molar-refractivity contribution is 6.32. The molecule has 0 aromatic heterocycles. The van der Waals surface area contributed by atoms with E-state index in [2.05, 4.69) is 10.2 Å². The average Bonchev–Trinajstić information content (AvgIpc) is 2.41. The molecule has 0 unspecified atom stereocenters. The topological polar surface area (TPSA) is 15.3 Å². The Morgan fingerprint density at radius 2 is 1.86 bits per heavy atom. The van der Waals surface area contributed by atoms with Gasteiger partial charge in [-0.25, -0.2) is 4.39 Å². The predicted octanol–water partition coefficient (Wildman–Crippen LogP) is 4.38. The van der Waals surface area contributed by atoms with Crippen LogP contribution in [-0.4, -0.2) is 31.1 Å². The summed E-state index contributed by atoms with van der Waals surface area (Å²) in [6.45, 7) is 5.87. The van der Waals surface area contributed by atoms with Crippen LogP contribution in [0.2, 0.25) is 5.02 Å². The van der Waals surface area contributed by atoms with Crippen LogP contribution in [0.15, 0.2) is 12.1 Å². The maximum atomic E-state index is 14.4. The molecule has 1 N–H and O–H groups in total. The molecule has 22 heavy (non-hydrogen) atoms. The van der Waals surface area contributed by atoms with Crippen molar-refractivity contribution in [3.05, 3.63) is 34.1 Å². The summed E-state index contributed by atoms with van der Waals surface area (Å²) in [6.07, 6.45) is 3.65. The zero-order valence-electron chi connectivity index (χ0n) is 12.8. The van der Waals surface area contributed by atoms with Crippen molar-refractivity contribution >= 4 is 36.4 Å². The largest absolute Gasteiger partial charge is 0.314 e. The summed E-state index contributed by atoms with van der Waals surface area (Å²) in [6, 6.07) is 3.50. The van der Waals surface area contributed by atoms with Crippen LogP contribution in [-0.2, 0) is 0 Å². The number of rotatable bonds is 3. The van der Waals surface area contributed by atoms with E-state index in [1.807, 2.05) is 6.92 Å². The molecule has 1 aliphatic carbocycles. The van der Waals surface area contributed by atoms with E-state index in [4.69, 9.17) is 11.6 Å². The smallest absolute Gasteiger partial charge is 0.129 e. The van der Waals surface area contributed by atoms with Gasteiger partial charge in [-0.15, -0.1) is 24.8 Å². The van der Waals surface area contributed by atoms with Gasteiger partial charge in [0.15, 0.2) is 0 Å². The molecular formula is C16H24Cl3FN2. The van der Waals surface area contributed by atoms with Gasteiger partial charge < -0.3 is 5.32 Å². The summed E-state index contributed by atoms with van der Waals surface area (Å²) in [5, 5.41) is 3.99. The van der Waals surface area contributed by atoms with E-state index in [0.29, 0.717) is 10.9 Å². The Balaban J connectivity index is 0.00000121. The van der Waals surface area contributed by atoms with Crippen LogP contribution >= 0.6 is 36.4 Å². The van der Waals surface area contributed by atoms with Crippen LogP contribution in [0.3, 0.4) is 0 Å². The van der Waals surface area contributed by atoms with Crippen LogP contribution in [0.5, 0.6) is 0 Å². The van der Waals surface area contributed by atoms with Gasteiger partial charge in [0.25, 0.3) is 0 Å². The van der Waals surface area contributed by atoms with E-state index in [1.165, 1.54) is 19.3 Å². The highest BCUT2D eigenvalue weighted by Crippen LogP contribution is 2.45. The second-order valence-corrected chi connectivity index (χ2v) is 6.39. The van der Waals surface area contributed by atoms with Crippen molar-refractivity contribution in [3.8, 4) is 0 Å². The summed E-state index contributed by atoms with van der Waals surface area (Å²) in [5.74, 6) is 0.415. The first-order chi connectivity index (χ1) is 9.68. The molecule has 6 heteroatoms. The minimum atomic E-state index is -0.143. The number of hydrogen-bond acceptors (Lipinski definition) is 2. The average molecular weight is 370 g/mol. The summed E-state index contributed by atoms with van der Waals surface area (Å²) in [7, 11) is 0. The normalized spacial score (nSPS) is 20.5. The lowest BCUT2D eigenvalue weighted by Gasteiger charge is -2.43. The molecule has 3 rings (SSSR count). The Kier molecular flexibility index (Phi) is 7.90. The molecule has 1 atom stereocenters. The second kappa shape index (κ2) is 8.70. The first kappa shape index (κ1) is 20.0. The van der Waals surface area contributed by atoms with Crippen molar-refractivity contribution in [2.75, 3.05) is 26.2 Å². The standard InChI is InChI=1S/C16H22ClFN2.2ClH/c1-11-5-6-13(18)14(15(11)17)16(12-3-2-4-12)20-9-7-19-8-10-20;;/h5-6,12,16,19H,2-4,7-10H2,1H3;2*1H/t16-;;/m0../s1. The van der Waals surface area contributed by atoms with Crippen LogP contribution in [0.1, 0.15) is 36.4 Å². The molecule has 1 saturated heterocycles. The molecule has 0 amide bonds. The SMILES string of the molecule is Cc1ccc(F)c([C@H](C2CCC2)N2CCNCC2)c1Cl.Cl.Cl. The zero-order valence-corrected chi connectivity index (χ0v) is 15.2. The lowest BCUT2D eigenvalue weighted by Crippen LogP contribution is -2.48. The number of halogens is 4. The Bertz CT molecular complexity index is 489. The molecule has 0 radical (unpaired) electrons. The fourth-order valence-corrected chi connectivity index (χ4v) is 3.65. The van der Waals surface area contributed by atoms with Crippen LogP contribution in [0, 0.1) is 18.7 Å². The fraction of sp³-hybridized carbons (Fsp3) is 0.625. The first-order valence-electron chi connectivity index (χ1n) is 7.57. The van der Waals surface area contributed by atoms with Gasteiger partial charge in [-0.1, -0.05) is 24.1 Å². The number of nitrogens with zero attached hydrogens (tertiary/aromatic N) is 1. The third-order valence-electron chi connectivity index (χ3n) is 4.76. The predicted molar refractivity (Wildman–Crippen MR) is 95.2 cm³/mol. The molecule has 2 aliphatic rings. The molecule has 2 fully saturated rings. The molecule has 2 nitrogen and oxygen atoms in total. The van der Waals surface area contributed by atoms with Crippen LogP contribution in [0.4, 0.5) is 4.39 Å². The summed E-state index contributed by atoms with van der Waals surface area (Å²) >= 11 is 6.46. The monoisotopic (exact) mass is 368 g/mol. The van der Waals surface area contributed by atoms with E-state index in [0.717, 1.165) is 37.3 Å². The summed E-state index contributed by atoms with van der Waals surface area (Å²) < 4.78 is 14.4. The Morgan fingerprint density at radius 1 is 1.23 bits per heavy atom.